The lowest BCUT2D eigenvalue weighted by atomic mass is 9.94. The zero-order chi connectivity index (χ0) is 10.7. The van der Waals surface area contributed by atoms with Gasteiger partial charge in [0.15, 0.2) is 0 Å². The van der Waals surface area contributed by atoms with Gasteiger partial charge in [0.05, 0.1) is 5.92 Å². The highest BCUT2D eigenvalue weighted by Gasteiger charge is 2.29. The second-order valence-corrected chi connectivity index (χ2v) is 4.80. The first-order valence-electron chi connectivity index (χ1n) is 5.47. The van der Waals surface area contributed by atoms with Gasteiger partial charge in [-0.1, -0.05) is 13.8 Å². The summed E-state index contributed by atoms with van der Waals surface area (Å²) >= 11 is 0. The highest BCUT2D eigenvalue weighted by molar-refractivity contribution is 5.70. The predicted octanol–water partition coefficient (Wildman–Crippen LogP) is 1.83. The Kier molecular flexibility index (Phi) is 3.93. The molecule has 0 bridgehead atoms. The summed E-state index contributed by atoms with van der Waals surface area (Å²) in [6.07, 6.45) is 2.01. The van der Waals surface area contributed by atoms with Gasteiger partial charge in [0.1, 0.15) is 0 Å². The number of rotatable bonds is 5. The Hall–Kier alpha value is -0.570. The lowest BCUT2D eigenvalue weighted by molar-refractivity contribution is -0.143. The van der Waals surface area contributed by atoms with Gasteiger partial charge in [0.2, 0.25) is 0 Å². The largest absolute Gasteiger partial charge is 0.481 e. The minimum atomic E-state index is -0.641. The van der Waals surface area contributed by atoms with Crippen LogP contribution in [0, 0.1) is 11.8 Å². The van der Waals surface area contributed by atoms with Crippen molar-refractivity contribution in [2.24, 2.45) is 11.8 Å². The molecule has 0 radical (unpaired) electrons. The van der Waals surface area contributed by atoms with E-state index >= 15 is 0 Å². The highest BCUT2D eigenvalue weighted by atomic mass is 16.4. The zero-order valence-corrected chi connectivity index (χ0v) is 9.36. The number of nitrogens with zero attached hydrogens (tertiary/aromatic N) is 1. The van der Waals surface area contributed by atoms with Crippen molar-refractivity contribution >= 4 is 5.97 Å². The molecule has 1 aliphatic heterocycles. The lowest BCUT2D eigenvalue weighted by Gasteiger charge is -2.40. The fourth-order valence-electron chi connectivity index (χ4n) is 1.95. The minimum Gasteiger partial charge on any atom is -0.481 e. The molecule has 14 heavy (non-hydrogen) atoms. The van der Waals surface area contributed by atoms with Crippen LogP contribution in [0.5, 0.6) is 0 Å². The third-order valence-corrected chi connectivity index (χ3v) is 3.02. The SMILES string of the molecule is CC(C)CC(CN1CCC1C)C(=O)O. The van der Waals surface area contributed by atoms with E-state index in [2.05, 4.69) is 25.7 Å². The van der Waals surface area contributed by atoms with Crippen molar-refractivity contribution in [2.75, 3.05) is 13.1 Å². The van der Waals surface area contributed by atoms with E-state index < -0.39 is 5.97 Å². The first-order valence-corrected chi connectivity index (χ1v) is 5.47. The molecule has 2 atom stereocenters. The van der Waals surface area contributed by atoms with Gasteiger partial charge >= 0.3 is 5.97 Å². The maximum Gasteiger partial charge on any atom is 0.307 e. The van der Waals surface area contributed by atoms with Crippen LogP contribution in [0.25, 0.3) is 0 Å². The van der Waals surface area contributed by atoms with Crippen molar-refractivity contribution in [3.05, 3.63) is 0 Å². The third kappa shape index (κ3) is 2.98. The topological polar surface area (TPSA) is 40.5 Å². The Bertz CT molecular complexity index is 203. The van der Waals surface area contributed by atoms with Gasteiger partial charge in [0.25, 0.3) is 0 Å². The average molecular weight is 199 g/mol. The third-order valence-electron chi connectivity index (χ3n) is 3.02. The molecule has 82 valence electrons. The lowest BCUT2D eigenvalue weighted by Crippen LogP contribution is -2.49. The molecule has 2 unspecified atom stereocenters. The van der Waals surface area contributed by atoms with Crippen LogP contribution in [-0.2, 0) is 4.79 Å². The molecule has 1 saturated heterocycles. The maximum atomic E-state index is 11.0. The molecule has 0 aromatic rings. The molecule has 0 aromatic carbocycles. The van der Waals surface area contributed by atoms with Gasteiger partial charge in [-0.15, -0.1) is 0 Å². The summed E-state index contributed by atoms with van der Waals surface area (Å²) in [4.78, 5) is 13.3. The number of carbonyl (C=O) groups is 1. The van der Waals surface area contributed by atoms with Gasteiger partial charge in [0, 0.05) is 12.6 Å². The molecule has 1 aliphatic rings. The summed E-state index contributed by atoms with van der Waals surface area (Å²) in [5.74, 6) is -0.358. The number of carboxylic acid groups (broad SMARTS) is 1. The van der Waals surface area contributed by atoms with Gasteiger partial charge in [-0.05, 0) is 32.2 Å². The summed E-state index contributed by atoms with van der Waals surface area (Å²) in [7, 11) is 0. The quantitative estimate of drug-likeness (QED) is 0.734. The number of hydrogen-bond donors (Lipinski definition) is 1. The summed E-state index contributed by atoms with van der Waals surface area (Å²) in [5.41, 5.74) is 0. The Labute approximate surface area is 86.1 Å². The smallest absolute Gasteiger partial charge is 0.307 e. The molecule has 1 fully saturated rings. The summed E-state index contributed by atoms with van der Waals surface area (Å²) in [6.45, 7) is 8.13. The monoisotopic (exact) mass is 199 g/mol. The number of carboxylic acids is 1. The van der Waals surface area contributed by atoms with Crippen molar-refractivity contribution in [3.63, 3.8) is 0 Å². The van der Waals surface area contributed by atoms with Gasteiger partial charge < -0.3 is 5.11 Å². The molecular weight excluding hydrogens is 178 g/mol. The summed E-state index contributed by atoms with van der Waals surface area (Å²) in [5, 5.41) is 9.05. The molecule has 3 heteroatoms. The average Bonchev–Trinajstić information content (AvgIpc) is 2.08. The Balaban J connectivity index is 2.38. The number of hydrogen-bond acceptors (Lipinski definition) is 2. The molecule has 1 heterocycles. The minimum absolute atomic E-state index is 0.183. The van der Waals surface area contributed by atoms with E-state index in [9.17, 15) is 4.79 Å². The molecule has 3 nitrogen and oxygen atoms in total. The molecule has 1 N–H and O–H groups in total. The number of likely N-dealkylation sites (tertiary alicyclic amines) is 1. The van der Waals surface area contributed by atoms with Crippen LogP contribution >= 0.6 is 0 Å². The molecule has 0 aromatic heterocycles. The van der Waals surface area contributed by atoms with E-state index in [0.29, 0.717) is 12.0 Å². The van der Waals surface area contributed by atoms with Crippen molar-refractivity contribution < 1.29 is 9.90 Å². The van der Waals surface area contributed by atoms with Crippen LogP contribution in [0.1, 0.15) is 33.6 Å². The molecule has 1 rings (SSSR count). The van der Waals surface area contributed by atoms with Crippen molar-refractivity contribution in [1.29, 1.82) is 0 Å². The number of aliphatic carboxylic acids is 1. The zero-order valence-electron chi connectivity index (χ0n) is 9.36. The van der Waals surface area contributed by atoms with Crippen LogP contribution in [0.15, 0.2) is 0 Å². The van der Waals surface area contributed by atoms with Crippen molar-refractivity contribution in [1.82, 2.24) is 4.90 Å². The van der Waals surface area contributed by atoms with Gasteiger partial charge in [-0.25, -0.2) is 0 Å². The van der Waals surface area contributed by atoms with E-state index in [1.165, 1.54) is 6.42 Å². The van der Waals surface area contributed by atoms with Crippen LogP contribution in [0.2, 0.25) is 0 Å². The Morgan fingerprint density at radius 3 is 2.50 bits per heavy atom. The fourth-order valence-corrected chi connectivity index (χ4v) is 1.95. The highest BCUT2D eigenvalue weighted by Crippen LogP contribution is 2.21. The summed E-state index contributed by atoms with van der Waals surface area (Å²) in [6, 6.07) is 0.587. The molecule has 0 saturated carbocycles. The predicted molar refractivity (Wildman–Crippen MR) is 56.2 cm³/mol. The van der Waals surface area contributed by atoms with Crippen LogP contribution < -0.4 is 0 Å². The van der Waals surface area contributed by atoms with Crippen LogP contribution in [0.4, 0.5) is 0 Å². The summed E-state index contributed by atoms with van der Waals surface area (Å²) < 4.78 is 0. The van der Waals surface area contributed by atoms with E-state index in [1.807, 2.05) is 0 Å². The van der Waals surface area contributed by atoms with Crippen LogP contribution in [0.3, 0.4) is 0 Å². The van der Waals surface area contributed by atoms with E-state index in [0.717, 1.165) is 19.5 Å². The van der Waals surface area contributed by atoms with Gasteiger partial charge in [-0.2, -0.15) is 0 Å². The molecular formula is C11H21NO2. The Morgan fingerprint density at radius 2 is 2.21 bits per heavy atom. The standard InChI is InChI=1S/C11H21NO2/c1-8(2)6-10(11(13)14)7-12-5-4-9(12)3/h8-10H,4-7H2,1-3H3,(H,13,14). The first-order chi connectivity index (χ1) is 6.50. The first kappa shape index (κ1) is 11.5. The maximum absolute atomic E-state index is 11.0. The second-order valence-electron chi connectivity index (χ2n) is 4.80. The molecule has 0 spiro atoms. The molecule has 0 aliphatic carbocycles. The van der Waals surface area contributed by atoms with Crippen molar-refractivity contribution in [2.45, 2.75) is 39.7 Å². The van der Waals surface area contributed by atoms with Crippen molar-refractivity contribution in [3.8, 4) is 0 Å². The molecule has 0 amide bonds. The van der Waals surface area contributed by atoms with E-state index in [-0.39, 0.29) is 5.92 Å². The van der Waals surface area contributed by atoms with Gasteiger partial charge in [-0.3, -0.25) is 9.69 Å². The van der Waals surface area contributed by atoms with E-state index in [4.69, 9.17) is 5.11 Å². The van der Waals surface area contributed by atoms with E-state index in [1.54, 1.807) is 0 Å². The second kappa shape index (κ2) is 4.78. The Morgan fingerprint density at radius 1 is 1.57 bits per heavy atom. The fraction of sp³-hybridized carbons (Fsp3) is 0.909. The van der Waals surface area contributed by atoms with Crippen LogP contribution in [-0.4, -0.2) is 35.1 Å². The normalized spacial score (nSPS) is 24.7.